The predicted molar refractivity (Wildman–Crippen MR) is 124 cm³/mol. The zero-order valence-electron chi connectivity index (χ0n) is 19.5. The normalized spacial score (nSPS) is 15.9. The Bertz CT molecular complexity index is 1310. The highest BCUT2D eigenvalue weighted by Gasteiger charge is 2.34. The fourth-order valence-corrected chi connectivity index (χ4v) is 4.15. The summed E-state index contributed by atoms with van der Waals surface area (Å²) in [5.41, 5.74) is 1.38. The van der Waals surface area contributed by atoms with Gasteiger partial charge in [0.15, 0.2) is 11.5 Å². The lowest BCUT2D eigenvalue weighted by molar-refractivity contribution is -0.386. The minimum Gasteiger partial charge on any atom is -0.447 e. The molecule has 1 unspecified atom stereocenters. The van der Waals surface area contributed by atoms with Crippen LogP contribution in [0.5, 0.6) is 11.5 Å². The number of benzene rings is 2. The van der Waals surface area contributed by atoms with Gasteiger partial charge in [-0.15, -0.1) is 0 Å². The van der Waals surface area contributed by atoms with Crippen molar-refractivity contribution in [3.63, 3.8) is 0 Å². The van der Waals surface area contributed by atoms with Crippen molar-refractivity contribution in [1.29, 1.82) is 0 Å². The van der Waals surface area contributed by atoms with Crippen LogP contribution in [0.4, 0.5) is 5.69 Å². The molecule has 2 aromatic carbocycles. The average Bonchev–Trinajstić information content (AvgIpc) is 3.08. The quantitative estimate of drug-likeness (QED) is 0.378. The van der Waals surface area contributed by atoms with Gasteiger partial charge in [-0.2, -0.15) is 0 Å². The van der Waals surface area contributed by atoms with Crippen LogP contribution in [0.25, 0.3) is 10.8 Å². The van der Waals surface area contributed by atoms with Crippen molar-refractivity contribution in [2.45, 2.75) is 65.7 Å². The van der Waals surface area contributed by atoms with E-state index in [1.54, 1.807) is 16.8 Å². The fraction of sp³-hybridized carbons (Fsp3) is 0.400. The molecule has 2 heterocycles. The molecule has 0 bridgehead atoms. The summed E-state index contributed by atoms with van der Waals surface area (Å²) in [6, 6.07) is 8.82. The molecule has 0 fully saturated rings. The third-order valence-corrected chi connectivity index (χ3v) is 5.75. The maximum atomic E-state index is 13.1. The molecule has 1 atom stereocenters. The van der Waals surface area contributed by atoms with Crippen LogP contribution in [-0.2, 0) is 11.0 Å². The van der Waals surface area contributed by atoms with Crippen LogP contribution in [0.1, 0.15) is 64.5 Å². The summed E-state index contributed by atoms with van der Waals surface area (Å²) in [5, 5.41) is 13.1. The van der Waals surface area contributed by atoms with Gasteiger partial charge < -0.3 is 14.0 Å². The van der Waals surface area contributed by atoms with Crippen molar-refractivity contribution >= 4 is 16.5 Å². The third kappa shape index (κ3) is 3.61. The summed E-state index contributed by atoms with van der Waals surface area (Å²) in [6.45, 7) is 13.6. The molecule has 0 radical (unpaired) electrons. The van der Waals surface area contributed by atoms with Crippen LogP contribution < -0.4 is 15.0 Å². The minimum absolute atomic E-state index is 0.0120. The number of fused-ring (bicyclic) bond motifs is 2. The van der Waals surface area contributed by atoms with Gasteiger partial charge in [0.25, 0.3) is 17.5 Å². The van der Waals surface area contributed by atoms with Gasteiger partial charge in [-0.1, -0.05) is 20.8 Å². The Morgan fingerprint density at radius 2 is 1.62 bits per heavy atom. The van der Waals surface area contributed by atoms with E-state index in [1.807, 2.05) is 66.7 Å². The highest BCUT2D eigenvalue weighted by Crippen LogP contribution is 2.47. The summed E-state index contributed by atoms with van der Waals surface area (Å²) in [4.78, 5) is 24.3. The maximum absolute atomic E-state index is 13.1. The lowest BCUT2D eigenvalue weighted by Crippen LogP contribution is -2.33. The second-order valence-electron chi connectivity index (χ2n) is 10.4. The van der Waals surface area contributed by atoms with Crippen LogP contribution in [0.3, 0.4) is 0 Å². The van der Waals surface area contributed by atoms with Crippen LogP contribution in [0.15, 0.2) is 41.3 Å². The molecule has 7 nitrogen and oxygen atoms in total. The first kappa shape index (κ1) is 21.9. The molecule has 0 spiro atoms. The van der Waals surface area contributed by atoms with Crippen molar-refractivity contribution < 1.29 is 14.4 Å². The van der Waals surface area contributed by atoms with Crippen molar-refractivity contribution in [3.05, 3.63) is 73.7 Å². The number of aromatic nitrogens is 1. The zero-order valence-corrected chi connectivity index (χ0v) is 19.5. The molecule has 4 rings (SSSR count). The molecule has 0 saturated heterocycles. The van der Waals surface area contributed by atoms with E-state index in [4.69, 9.17) is 9.47 Å². The Labute approximate surface area is 186 Å². The standard InChI is InChI=1S/C25H28N2O5/c1-14-10-16(11-15-8-9-26(25(5,6)7)22(28)21(14)15)23-31-19-12-17(24(2,3)4)18(27(29)30)13-20(19)32-23/h8-13,23H,1-7H3. The third-order valence-electron chi connectivity index (χ3n) is 5.75. The number of rotatable bonds is 2. The molecule has 168 valence electrons. The SMILES string of the molecule is Cc1cc(C2Oc3cc([N+](=O)[O-])c(C(C)(C)C)cc3O2)cc2ccn(C(C)(C)C)c(=O)c12. The largest absolute Gasteiger partial charge is 0.447 e. The number of hydrogen-bond acceptors (Lipinski definition) is 5. The van der Waals surface area contributed by atoms with Crippen LogP contribution in [0, 0.1) is 17.0 Å². The lowest BCUT2D eigenvalue weighted by atomic mass is 9.85. The summed E-state index contributed by atoms with van der Waals surface area (Å²) in [6.07, 6.45) is 1.06. The van der Waals surface area contributed by atoms with Crippen LogP contribution >= 0.6 is 0 Å². The van der Waals surface area contributed by atoms with E-state index >= 15 is 0 Å². The number of nitro groups is 1. The number of nitrogens with zero attached hydrogens (tertiary/aromatic N) is 2. The smallest absolute Gasteiger partial charge is 0.277 e. The zero-order chi connectivity index (χ0) is 23.6. The van der Waals surface area contributed by atoms with Crippen molar-refractivity contribution in [2.75, 3.05) is 0 Å². The number of hydrogen-bond donors (Lipinski definition) is 0. The topological polar surface area (TPSA) is 83.6 Å². The minimum atomic E-state index is -0.743. The monoisotopic (exact) mass is 436 g/mol. The summed E-state index contributed by atoms with van der Waals surface area (Å²) < 4.78 is 13.7. The van der Waals surface area contributed by atoms with E-state index in [1.165, 1.54) is 6.07 Å². The lowest BCUT2D eigenvalue weighted by Gasteiger charge is -2.23. The van der Waals surface area contributed by atoms with E-state index in [0.29, 0.717) is 22.4 Å². The molecule has 1 aromatic heterocycles. The van der Waals surface area contributed by atoms with Gasteiger partial charge in [0.05, 0.1) is 16.4 Å². The molecular weight excluding hydrogens is 408 g/mol. The first-order chi connectivity index (χ1) is 14.8. The number of nitro benzene ring substituents is 1. The van der Waals surface area contributed by atoms with Crippen molar-refractivity contribution in [3.8, 4) is 11.5 Å². The number of pyridine rings is 1. The molecule has 32 heavy (non-hydrogen) atoms. The second kappa shape index (κ2) is 7.08. The van der Waals surface area contributed by atoms with E-state index in [0.717, 1.165) is 16.5 Å². The fourth-order valence-electron chi connectivity index (χ4n) is 4.15. The maximum Gasteiger partial charge on any atom is 0.277 e. The second-order valence-corrected chi connectivity index (χ2v) is 10.4. The first-order valence-electron chi connectivity index (χ1n) is 10.6. The van der Waals surface area contributed by atoms with Gasteiger partial charge in [0, 0.05) is 22.9 Å². The predicted octanol–water partition coefficient (Wildman–Crippen LogP) is 5.74. The highest BCUT2D eigenvalue weighted by molar-refractivity contribution is 5.85. The summed E-state index contributed by atoms with van der Waals surface area (Å²) >= 11 is 0. The first-order valence-corrected chi connectivity index (χ1v) is 10.6. The van der Waals surface area contributed by atoms with E-state index in [9.17, 15) is 14.9 Å². The number of aryl methyl sites for hydroxylation is 1. The summed E-state index contributed by atoms with van der Waals surface area (Å²) in [5.74, 6) is 0.821. The molecule has 1 aliphatic rings. The molecule has 0 aliphatic carbocycles. The van der Waals surface area contributed by atoms with Gasteiger partial charge in [-0.25, -0.2) is 0 Å². The number of ether oxygens (including phenoxy) is 2. The van der Waals surface area contributed by atoms with Gasteiger partial charge in [0.1, 0.15) is 0 Å². The summed E-state index contributed by atoms with van der Waals surface area (Å²) in [7, 11) is 0. The Morgan fingerprint density at radius 1 is 1.00 bits per heavy atom. The molecule has 1 aliphatic heterocycles. The molecule has 3 aromatic rings. The highest BCUT2D eigenvalue weighted by atomic mass is 16.7. The Balaban J connectivity index is 1.77. The van der Waals surface area contributed by atoms with Crippen LogP contribution in [-0.4, -0.2) is 9.49 Å². The van der Waals surface area contributed by atoms with E-state index < -0.39 is 16.6 Å². The van der Waals surface area contributed by atoms with Crippen molar-refractivity contribution in [2.24, 2.45) is 0 Å². The van der Waals surface area contributed by atoms with Crippen LogP contribution in [0.2, 0.25) is 0 Å². The van der Waals surface area contributed by atoms with Gasteiger partial charge >= 0.3 is 0 Å². The Kier molecular flexibility index (Phi) is 4.84. The Hall–Kier alpha value is -3.35. The molecule has 0 saturated carbocycles. The van der Waals surface area contributed by atoms with Gasteiger partial charge in [0.2, 0.25) is 0 Å². The molecule has 0 N–H and O–H groups in total. The van der Waals surface area contributed by atoms with E-state index in [-0.39, 0.29) is 16.8 Å². The van der Waals surface area contributed by atoms with Crippen molar-refractivity contribution in [1.82, 2.24) is 4.57 Å². The van der Waals surface area contributed by atoms with Gasteiger partial charge in [-0.3, -0.25) is 14.9 Å². The van der Waals surface area contributed by atoms with E-state index in [2.05, 4.69) is 0 Å². The Morgan fingerprint density at radius 3 is 2.19 bits per heavy atom. The molecular formula is C25H28N2O5. The molecule has 0 amide bonds. The average molecular weight is 437 g/mol. The van der Waals surface area contributed by atoms with Gasteiger partial charge in [-0.05, 0) is 68.3 Å². The molecule has 7 heteroatoms.